The zero-order valence-electron chi connectivity index (χ0n) is 16.3. The van der Waals surface area contributed by atoms with Crippen molar-refractivity contribution in [2.45, 2.75) is 25.6 Å². The lowest BCUT2D eigenvalue weighted by Gasteiger charge is -2.24. The molecule has 1 aliphatic rings. The number of halogens is 3. The van der Waals surface area contributed by atoms with Gasteiger partial charge in [-0.2, -0.15) is 0 Å². The Morgan fingerprint density at radius 2 is 1.77 bits per heavy atom. The van der Waals surface area contributed by atoms with Gasteiger partial charge < -0.3 is 10.2 Å². The van der Waals surface area contributed by atoms with Crippen molar-refractivity contribution in [2.24, 2.45) is 0 Å². The number of benzene rings is 2. The first kappa shape index (κ1) is 20.6. The highest BCUT2D eigenvalue weighted by Gasteiger charge is 2.38. The minimum absolute atomic E-state index is 0.0255. The van der Waals surface area contributed by atoms with Crippen LogP contribution in [0.1, 0.15) is 39.6 Å². The number of hydrogen-bond donors (Lipinski definition) is 1. The van der Waals surface area contributed by atoms with E-state index in [2.05, 4.69) is 10.3 Å². The van der Waals surface area contributed by atoms with Gasteiger partial charge in [0.25, 0.3) is 5.91 Å². The molecular weight excluding hydrogens is 407 g/mol. The van der Waals surface area contributed by atoms with Crippen LogP contribution in [0.25, 0.3) is 0 Å². The first-order chi connectivity index (χ1) is 14.9. The Morgan fingerprint density at radius 3 is 2.55 bits per heavy atom. The lowest BCUT2D eigenvalue weighted by molar-refractivity contribution is -0.122. The van der Waals surface area contributed by atoms with E-state index in [0.29, 0.717) is 16.8 Å². The molecule has 0 radical (unpaired) electrons. The Morgan fingerprint density at radius 1 is 1.03 bits per heavy atom. The average Bonchev–Trinajstić information content (AvgIpc) is 3.02. The normalized spacial score (nSPS) is 15.1. The summed E-state index contributed by atoms with van der Waals surface area (Å²) < 4.78 is 40.4. The molecule has 1 aromatic heterocycles. The molecule has 1 N–H and O–H groups in total. The van der Waals surface area contributed by atoms with Gasteiger partial charge in [-0.1, -0.05) is 12.1 Å². The molecular formula is C23H18F3N3O2. The van der Waals surface area contributed by atoms with Gasteiger partial charge in [0.15, 0.2) is 0 Å². The summed E-state index contributed by atoms with van der Waals surface area (Å²) in [6.07, 6.45) is 1.44. The van der Waals surface area contributed by atoms with Crippen LogP contribution >= 0.6 is 0 Å². The second-order valence-corrected chi connectivity index (χ2v) is 7.23. The van der Waals surface area contributed by atoms with Crippen molar-refractivity contribution in [1.29, 1.82) is 0 Å². The van der Waals surface area contributed by atoms with E-state index in [9.17, 15) is 22.8 Å². The predicted molar refractivity (Wildman–Crippen MR) is 106 cm³/mol. The molecule has 4 rings (SSSR count). The van der Waals surface area contributed by atoms with E-state index >= 15 is 0 Å². The van der Waals surface area contributed by atoms with Crippen molar-refractivity contribution in [3.05, 3.63) is 101 Å². The van der Waals surface area contributed by atoms with Crippen LogP contribution < -0.4 is 5.32 Å². The number of nitrogens with one attached hydrogen (secondary N) is 1. The standard InChI is InChI=1S/C23H18F3N3O2/c24-16-5-3-14(4-6-16)13-29-20(22-18(23(29)31)2-1-9-27-22)11-21(30)28-12-15-10-17(25)7-8-19(15)26/h1-10,20H,11-13H2,(H,28,30)/t20-/m0/s1. The number of pyridine rings is 1. The topological polar surface area (TPSA) is 62.3 Å². The fourth-order valence-electron chi connectivity index (χ4n) is 3.60. The highest BCUT2D eigenvalue weighted by molar-refractivity contribution is 5.99. The second-order valence-electron chi connectivity index (χ2n) is 7.23. The molecule has 0 bridgehead atoms. The van der Waals surface area contributed by atoms with Gasteiger partial charge in [-0.05, 0) is 48.0 Å². The Bertz CT molecular complexity index is 1140. The SMILES string of the molecule is O=C(C[C@H]1c2ncccc2C(=O)N1Cc1ccc(F)cc1)NCc1cc(F)ccc1F. The first-order valence-corrected chi connectivity index (χ1v) is 9.63. The third-order valence-corrected chi connectivity index (χ3v) is 5.15. The number of fused-ring (bicyclic) bond motifs is 1. The highest BCUT2D eigenvalue weighted by atomic mass is 19.1. The maximum absolute atomic E-state index is 13.8. The molecule has 0 saturated heterocycles. The first-order valence-electron chi connectivity index (χ1n) is 9.63. The number of rotatable bonds is 6. The van der Waals surface area contributed by atoms with Gasteiger partial charge in [0.05, 0.1) is 23.7 Å². The minimum atomic E-state index is -0.633. The van der Waals surface area contributed by atoms with Crippen molar-refractivity contribution in [1.82, 2.24) is 15.2 Å². The third kappa shape index (κ3) is 4.42. The molecule has 2 aromatic carbocycles. The van der Waals surface area contributed by atoms with Crippen molar-refractivity contribution >= 4 is 11.8 Å². The molecule has 0 aliphatic carbocycles. The highest BCUT2D eigenvalue weighted by Crippen LogP contribution is 2.35. The lowest BCUT2D eigenvalue weighted by atomic mass is 10.1. The van der Waals surface area contributed by atoms with Crippen LogP contribution in [0.4, 0.5) is 13.2 Å². The fraction of sp³-hybridized carbons (Fsp3) is 0.174. The van der Waals surface area contributed by atoms with Crippen molar-refractivity contribution in [2.75, 3.05) is 0 Å². The number of amides is 2. The lowest BCUT2D eigenvalue weighted by Crippen LogP contribution is -2.32. The smallest absolute Gasteiger partial charge is 0.256 e. The molecule has 2 amide bonds. The Balaban J connectivity index is 1.51. The summed E-state index contributed by atoms with van der Waals surface area (Å²) in [5.74, 6) is -2.33. The quantitative estimate of drug-likeness (QED) is 0.652. The van der Waals surface area contributed by atoms with E-state index in [4.69, 9.17) is 0 Å². The Labute approximate surface area is 176 Å². The Kier molecular flexibility index (Phi) is 5.70. The van der Waals surface area contributed by atoms with Crippen LogP contribution in [0, 0.1) is 17.5 Å². The molecule has 0 spiro atoms. The summed E-state index contributed by atoms with van der Waals surface area (Å²) in [5.41, 5.74) is 1.60. The van der Waals surface area contributed by atoms with E-state index in [0.717, 1.165) is 18.2 Å². The second kappa shape index (κ2) is 8.59. The van der Waals surface area contributed by atoms with Crippen LogP contribution in [0.5, 0.6) is 0 Å². The average molecular weight is 425 g/mol. The number of carbonyl (C=O) groups is 2. The summed E-state index contributed by atoms with van der Waals surface area (Å²) in [4.78, 5) is 31.3. The van der Waals surface area contributed by atoms with E-state index in [1.165, 1.54) is 17.0 Å². The molecule has 2 heterocycles. The summed E-state index contributed by atoms with van der Waals surface area (Å²) in [6.45, 7) is -0.0118. The van der Waals surface area contributed by atoms with E-state index in [-0.39, 0.29) is 36.8 Å². The summed E-state index contributed by atoms with van der Waals surface area (Å²) in [5, 5.41) is 2.57. The fourth-order valence-corrected chi connectivity index (χ4v) is 3.60. The molecule has 158 valence electrons. The molecule has 0 unspecified atom stereocenters. The number of hydrogen-bond acceptors (Lipinski definition) is 3. The molecule has 3 aromatic rings. The van der Waals surface area contributed by atoms with Gasteiger partial charge >= 0.3 is 0 Å². The summed E-state index contributed by atoms with van der Waals surface area (Å²) >= 11 is 0. The van der Waals surface area contributed by atoms with Crippen LogP contribution in [0.3, 0.4) is 0 Å². The Hall–Kier alpha value is -3.68. The number of nitrogens with zero attached hydrogens (tertiary/aromatic N) is 2. The van der Waals surface area contributed by atoms with Crippen molar-refractivity contribution < 1.29 is 22.8 Å². The zero-order valence-corrected chi connectivity index (χ0v) is 16.3. The van der Waals surface area contributed by atoms with E-state index in [1.54, 1.807) is 30.5 Å². The van der Waals surface area contributed by atoms with E-state index < -0.39 is 23.6 Å². The monoisotopic (exact) mass is 425 g/mol. The predicted octanol–water partition coefficient (Wildman–Crippen LogP) is 3.90. The van der Waals surface area contributed by atoms with Crippen LogP contribution in [-0.2, 0) is 17.9 Å². The maximum Gasteiger partial charge on any atom is 0.256 e. The van der Waals surface area contributed by atoms with Gasteiger partial charge in [0, 0.05) is 24.8 Å². The van der Waals surface area contributed by atoms with E-state index in [1.807, 2.05) is 0 Å². The molecule has 0 saturated carbocycles. The maximum atomic E-state index is 13.8. The van der Waals surface area contributed by atoms with Crippen LogP contribution in [0.15, 0.2) is 60.8 Å². The summed E-state index contributed by atoms with van der Waals surface area (Å²) in [7, 11) is 0. The van der Waals surface area contributed by atoms with Gasteiger partial charge in [0.1, 0.15) is 17.5 Å². The van der Waals surface area contributed by atoms with Gasteiger partial charge in [-0.15, -0.1) is 0 Å². The molecule has 8 heteroatoms. The molecule has 1 atom stereocenters. The molecule has 0 fully saturated rings. The largest absolute Gasteiger partial charge is 0.352 e. The zero-order chi connectivity index (χ0) is 22.0. The number of carbonyl (C=O) groups excluding carboxylic acids is 2. The van der Waals surface area contributed by atoms with Gasteiger partial charge in [-0.3, -0.25) is 14.6 Å². The molecule has 31 heavy (non-hydrogen) atoms. The van der Waals surface area contributed by atoms with Crippen LogP contribution in [0.2, 0.25) is 0 Å². The molecule has 5 nitrogen and oxygen atoms in total. The van der Waals surface area contributed by atoms with Gasteiger partial charge in [0.2, 0.25) is 5.91 Å². The molecule has 1 aliphatic heterocycles. The van der Waals surface area contributed by atoms with Crippen molar-refractivity contribution in [3.8, 4) is 0 Å². The van der Waals surface area contributed by atoms with Gasteiger partial charge in [-0.25, -0.2) is 13.2 Å². The minimum Gasteiger partial charge on any atom is -0.352 e. The van der Waals surface area contributed by atoms with Crippen molar-refractivity contribution in [3.63, 3.8) is 0 Å². The summed E-state index contributed by atoms with van der Waals surface area (Å²) in [6, 6.07) is 11.4. The number of aromatic nitrogens is 1. The van der Waals surface area contributed by atoms with Crippen LogP contribution in [-0.4, -0.2) is 21.7 Å². The third-order valence-electron chi connectivity index (χ3n) is 5.15.